The number of fused-ring (bicyclic) bond motifs is 12. The quantitative estimate of drug-likeness (QED) is 0.103. The largest absolute Gasteiger partial charge is 2.00 e. The zero-order chi connectivity index (χ0) is 32.1. The van der Waals surface area contributed by atoms with E-state index in [-0.39, 0.29) is 25.8 Å². The van der Waals surface area contributed by atoms with E-state index in [1.165, 1.54) is 31.1 Å². The summed E-state index contributed by atoms with van der Waals surface area (Å²) in [5.41, 5.74) is 5.20. The zero-order valence-corrected chi connectivity index (χ0v) is 29.3. The Kier molecular flexibility index (Phi) is 6.73. The number of nitrogens with zero attached hydrogens (tertiary/aromatic N) is 4. The Morgan fingerprint density at radius 2 is 1.43 bits per heavy atom. The maximum atomic E-state index is 6.53. The molecule has 5 heterocycles. The average molecular weight is 743 g/mol. The van der Waals surface area contributed by atoms with Gasteiger partial charge in [0.1, 0.15) is 5.82 Å². The number of para-hydroxylation sites is 1. The van der Waals surface area contributed by atoms with Crippen molar-refractivity contribution in [3.05, 3.63) is 133 Å². The van der Waals surface area contributed by atoms with Crippen molar-refractivity contribution in [2.75, 3.05) is 0 Å². The number of benzene rings is 5. The summed E-state index contributed by atoms with van der Waals surface area (Å²) >= 11 is 1.83. The second kappa shape index (κ2) is 11.0. The maximum absolute atomic E-state index is 6.53. The van der Waals surface area contributed by atoms with Gasteiger partial charge in [-0.15, -0.1) is 41.0 Å². The molecule has 49 heavy (non-hydrogen) atoms. The van der Waals surface area contributed by atoms with Crippen molar-refractivity contribution in [2.24, 2.45) is 0 Å². The van der Waals surface area contributed by atoms with Crippen LogP contribution in [0.1, 0.15) is 26.3 Å². The molecule has 10 rings (SSSR count). The Balaban J connectivity index is 0.00000325. The minimum atomic E-state index is -0.00414. The molecule has 0 atom stereocenters. The molecule has 7 heteroatoms. The van der Waals surface area contributed by atoms with Crippen molar-refractivity contribution >= 4 is 80.6 Å². The standard InChI is InChI=1S/C42H28N4OS.Pd/c1-42(2,3)25-16-17-43-40(20-25)46-35-10-6-4-8-29(35)30-15-13-27(22-37(30)46)47-26-12-14-28-32-24-39-33(31-9-5-7-11-38(31)48-39)23-36(32)45-19-18-44-41(45)34(28)21-26;/h4-20,23-24H,1-3H3;/q-2;+2. The van der Waals surface area contributed by atoms with Gasteiger partial charge in [-0.2, -0.15) is 6.07 Å². The van der Waals surface area contributed by atoms with Crippen LogP contribution in [0.3, 0.4) is 0 Å². The van der Waals surface area contributed by atoms with Crippen LogP contribution in [0, 0.1) is 12.1 Å². The maximum Gasteiger partial charge on any atom is 2.00 e. The van der Waals surface area contributed by atoms with Gasteiger partial charge in [0.15, 0.2) is 0 Å². The topological polar surface area (TPSA) is 44.4 Å². The monoisotopic (exact) mass is 742 g/mol. The predicted molar refractivity (Wildman–Crippen MR) is 198 cm³/mol. The van der Waals surface area contributed by atoms with Crippen molar-refractivity contribution in [2.45, 2.75) is 26.2 Å². The van der Waals surface area contributed by atoms with Gasteiger partial charge >= 0.3 is 20.4 Å². The van der Waals surface area contributed by atoms with Crippen LogP contribution in [-0.4, -0.2) is 18.9 Å². The van der Waals surface area contributed by atoms with Gasteiger partial charge in [0.25, 0.3) is 0 Å². The molecule has 5 nitrogen and oxygen atoms in total. The summed E-state index contributed by atoms with van der Waals surface area (Å²) in [6.45, 7) is 6.67. The molecule has 0 unspecified atom stereocenters. The van der Waals surface area contributed by atoms with Crippen LogP contribution in [0.2, 0.25) is 0 Å². The van der Waals surface area contributed by atoms with Gasteiger partial charge < -0.3 is 13.7 Å². The molecule has 0 spiro atoms. The minimum Gasteiger partial charge on any atom is -0.503 e. The molecule has 0 saturated heterocycles. The third-order valence-corrected chi connectivity index (χ3v) is 10.6. The minimum absolute atomic E-state index is 0. The summed E-state index contributed by atoms with van der Waals surface area (Å²) in [7, 11) is 0. The van der Waals surface area contributed by atoms with Crippen molar-refractivity contribution in [1.82, 2.24) is 18.9 Å². The van der Waals surface area contributed by atoms with Gasteiger partial charge in [0, 0.05) is 61.3 Å². The van der Waals surface area contributed by atoms with E-state index in [2.05, 4.69) is 127 Å². The molecule has 0 bridgehead atoms. The molecule has 5 aromatic heterocycles. The molecular weight excluding hydrogens is 715 g/mol. The van der Waals surface area contributed by atoms with E-state index in [4.69, 9.17) is 14.7 Å². The molecule has 0 fully saturated rings. The Bertz CT molecular complexity index is 2930. The number of imidazole rings is 1. The van der Waals surface area contributed by atoms with Crippen molar-refractivity contribution in [3.8, 4) is 17.3 Å². The third kappa shape index (κ3) is 4.61. The first-order chi connectivity index (χ1) is 23.4. The van der Waals surface area contributed by atoms with Crippen molar-refractivity contribution in [1.29, 1.82) is 0 Å². The molecule has 0 aliphatic carbocycles. The van der Waals surface area contributed by atoms with Gasteiger partial charge in [0.05, 0.1) is 5.65 Å². The van der Waals surface area contributed by atoms with Gasteiger partial charge in [-0.3, -0.25) is 4.98 Å². The number of rotatable bonds is 3. The molecule has 0 aliphatic heterocycles. The van der Waals surface area contributed by atoms with E-state index >= 15 is 0 Å². The number of pyridine rings is 2. The van der Waals surface area contributed by atoms with E-state index in [1.54, 1.807) is 0 Å². The van der Waals surface area contributed by atoms with E-state index in [9.17, 15) is 0 Å². The summed E-state index contributed by atoms with van der Waals surface area (Å²) in [6.07, 6.45) is 5.78. The van der Waals surface area contributed by atoms with E-state index < -0.39 is 0 Å². The molecule has 0 amide bonds. The van der Waals surface area contributed by atoms with Crippen molar-refractivity contribution < 1.29 is 25.2 Å². The van der Waals surface area contributed by atoms with Crippen LogP contribution < -0.4 is 4.74 Å². The molecule has 0 aliphatic rings. The van der Waals surface area contributed by atoms with Gasteiger partial charge in [-0.1, -0.05) is 79.5 Å². The molecule has 10 aromatic rings. The number of hydrogen-bond acceptors (Lipinski definition) is 4. The van der Waals surface area contributed by atoms with Gasteiger partial charge in [0.2, 0.25) is 0 Å². The average Bonchev–Trinajstić information content (AvgIpc) is 3.81. The van der Waals surface area contributed by atoms with Gasteiger partial charge in [-0.25, -0.2) is 4.98 Å². The van der Waals surface area contributed by atoms with Crippen LogP contribution in [0.25, 0.3) is 75.1 Å². The van der Waals surface area contributed by atoms with Crippen LogP contribution in [0.5, 0.6) is 11.5 Å². The Hall–Kier alpha value is -5.06. The number of ether oxygens (including phenoxy) is 1. The first kappa shape index (κ1) is 30.0. The molecule has 0 saturated carbocycles. The fourth-order valence-electron chi connectivity index (χ4n) is 7.09. The molecule has 0 N–H and O–H groups in total. The molecule has 238 valence electrons. The summed E-state index contributed by atoms with van der Waals surface area (Å²) in [6, 6.07) is 41.3. The van der Waals surface area contributed by atoms with E-state index in [0.717, 1.165) is 49.6 Å². The zero-order valence-electron chi connectivity index (χ0n) is 26.9. The molecular formula is C42H28N4OPdS. The Morgan fingerprint density at radius 3 is 2.29 bits per heavy atom. The SMILES string of the molecule is CC(C)(C)c1ccnc(-n2c3[c-]c(Oc4[c-]c5c(cc4)c4cc6sc7ccccc7c6cc4n4ccnc54)ccc3c3ccccc32)c1.[Pd+2]. The molecule has 5 aromatic carbocycles. The van der Waals surface area contributed by atoms with Crippen molar-refractivity contribution in [3.63, 3.8) is 0 Å². The predicted octanol–water partition coefficient (Wildman–Crippen LogP) is 11.2. The molecule has 0 radical (unpaired) electrons. The second-order valence-electron chi connectivity index (χ2n) is 13.4. The summed E-state index contributed by atoms with van der Waals surface area (Å²) in [5.74, 6) is 2.09. The first-order valence-corrected chi connectivity index (χ1v) is 16.9. The fourth-order valence-corrected chi connectivity index (χ4v) is 8.22. The fraction of sp³-hybridized carbons (Fsp3) is 0.0952. The summed E-state index contributed by atoms with van der Waals surface area (Å²) in [5, 5.41) is 7.99. The Morgan fingerprint density at radius 1 is 0.653 bits per heavy atom. The smallest absolute Gasteiger partial charge is 0.503 e. The first-order valence-electron chi connectivity index (χ1n) is 16.1. The second-order valence-corrected chi connectivity index (χ2v) is 14.5. The summed E-state index contributed by atoms with van der Waals surface area (Å²) < 4.78 is 13.4. The van der Waals surface area contributed by atoms with Crippen LogP contribution >= 0.6 is 11.3 Å². The van der Waals surface area contributed by atoms with E-state index in [0.29, 0.717) is 11.5 Å². The van der Waals surface area contributed by atoms with Crippen LogP contribution in [-0.2, 0) is 25.8 Å². The van der Waals surface area contributed by atoms with E-state index in [1.807, 2.05) is 42.1 Å². The number of thiophene rings is 1. The summed E-state index contributed by atoms with van der Waals surface area (Å²) in [4.78, 5) is 9.58. The number of aromatic nitrogens is 4. The third-order valence-electron chi connectivity index (χ3n) is 9.45. The Labute approximate surface area is 300 Å². The number of hydrogen-bond donors (Lipinski definition) is 0. The van der Waals surface area contributed by atoms with Gasteiger partial charge in [-0.05, 0) is 58.1 Å². The normalized spacial score (nSPS) is 12.2. The van der Waals surface area contributed by atoms with Crippen LogP contribution in [0.4, 0.5) is 0 Å². The van der Waals surface area contributed by atoms with Crippen LogP contribution in [0.15, 0.2) is 116 Å².